The molecule has 0 aromatic heterocycles. The Kier molecular flexibility index (Phi) is 8.49. The van der Waals surface area contributed by atoms with Crippen molar-refractivity contribution in [3.63, 3.8) is 0 Å². The van der Waals surface area contributed by atoms with Crippen molar-refractivity contribution in [2.45, 2.75) is 71.7 Å². The van der Waals surface area contributed by atoms with Crippen molar-refractivity contribution >= 4 is 20.2 Å². The van der Waals surface area contributed by atoms with Crippen LogP contribution in [0.2, 0.25) is 19.1 Å². The van der Waals surface area contributed by atoms with E-state index in [9.17, 15) is 4.79 Å². The minimum absolute atomic E-state index is 0.274. The minimum atomic E-state index is -1.74. The molecule has 128 valence electrons. The molecule has 0 heterocycles. The zero-order chi connectivity index (χ0) is 17.3. The second-order valence-electron chi connectivity index (χ2n) is 7.07. The van der Waals surface area contributed by atoms with Gasteiger partial charge in [0, 0.05) is 11.7 Å². The van der Waals surface area contributed by atoms with Crippen LogP contribution in [0.15, 0.2) is 30.3 Å². The van der Waals surface area contributed by atoms with Crippen molar-refractivity contribution in [3.8, 4) is 0 Å². The fourth-order valence-corrected chi connectivity index (χ4v) is 5.50. The molecule has 0 spiro atoms. The van der Waals surface area contributed by atoms with Crippen LogP contribution in [-0.2, 0) is 4.43 Å². The summed E-state index contributed by atoms with van der Waals surface area (Å²) in [5.41, 5.74) is 3.32. The van der Waals surface area contributed by atoms with E-state index in [0.29, 0.717) is 0 Å². The monoisotopic (exact) mass is 332 g/mol. The largest absolute Gasteiger partial charge is 0.415 e. The van der Waals surface area contributed by atoms with Crippen LogP contribution in [0.1, 0.15) is 62.4 Å². The van der Waals surface area contributed by atoms with Gasteiger partial charge in [-0.1, -0.05) is 50.1 Å². The zero-order valence-corrected chi connectivity index (χ0v) is 16.4. The Morgan fingerprint density at radius 3 is 2.35 bits per heavy atom. The molecule has 2 nitrogen and oxygen atoms in total. The van der Waals surface area contributed by atoms with E-state index in [1.807, 2.05) is 12.1 Å². The molecule has 0 saturated heterocycles. The van der Waals surface area contributed by atoms with E-state index in [4.69, 9.17) is 4.43 Å². The SMILES string of the molecule is CCCCC/C=C(\C[Si](C)(C)OC(C)C)c1ccc(C=O)cc1. The van der Waals surface area contributed by atoms with Crippen molar-refractivity contribution in [2.24, 2.45) is 0 Å². The first-order chi connectivity index (χ1) is 10.9. The molecule has 0 saturated carbocycles. The Morgan fingerprint density at radius 2 is 1.83 bits per heavy atom. The molecule has 1 rings (SSSR count). The highest BCUT2D eigenvalue weighted by Gasteiger charge is 2.25. The number of rotatable bonds is 10. The summed E-state index contributed by atoms with van der Waals surface area (Å²) in [6.07, 6.45) is 8.42. The Labute approximate surface area is 143 Å². The number of carbonyl (C=O) groups excluding carboxylic acids is 1. The molecule has 0 aliphatic carbocycles. The van der Waals surface area contributed by atoms with Crippen LogP contribution in [0.5, 0.6) is 0 Å². The minimum Gasteiger partial charge on any atom is -0.415 e. The number of aldehydes is 1. The molecule has 0 aliphatic heterocycles. The molecule has 23 heavy (non-hydrogen) atoms. The third-order valence-corrected chi connectivity index (χ3v) is 6.13. The fraction of sp³-hybridized carbons (Fsp3) is 0.550. The summed E-state index contributed by atoms with van der Waals surface area (Å²) in [5, 5.41) is 0. The molecular formula is C20H32O2Si. The maximum Gasteiger partial charge on any atom is 0.191 e. The van der Waals surface area contributed by atoms with E-state index >= 15 is 0 Å². The molecule has 3 heteroatoms. The predicted octanol–water partition coefficient (Wildman–Crippen LogP) is 6.09. The van der Waals surface area contributed by atoms with Gasteiger partial charge in [0.25, 0.3) is 0 Å². The van der Waals surface area contributed by atoms with Crippen molar-refractivity contribution in [2.75, 3.05) is 0 Å². The van der Waals surface area contributed by atoms with Crippen LogP contribution in [0.4, 0.5) is 0 Å². The quantitative estimate of drug-likeness (QED) is 0.294. The average Bonchev–Trinajstić information content (AvgIpc) is 2.49. The number of hydrogen-bond donors (Lipinski definition) is 0. The van der Waals surface area contributed by atoms with Crippen LogP contribution in [0.3, 0.4) is 0 Å². The van der Waals surface area contributed by atoms with Crippen molar-refractivity contribution < 1.29 is 9.22 Å². The summed E-state index contributed by atoms with van der Waals surface area (Å²) in [5.74, 6) is 0. The summed E-state index contributed by atoms with van der Waals surface area (Å²) in [4.78, 5) is 10.9. The third kappa shape index (κ3) is 7.75. The van der Waals surface area contributed by atoms with Crippen molar-refractivity contribution in [1.29, 1.82) is 0 Å². The van der Waals surface area contributed by atoms with Gasteiger partial charge in [0.05, 0.1) is 0 Å². The summed E-state index contributed by atoms with van der Waals surface area (Å²) >= 11 is 0. The van der Waals surface area contributed by atoms with E-state index in [2.05, 4.69) is 52.1 Å². The molecule has 0 aliphatic rings. The molecule has 0 bridgehead atoms. The van der Waals surface area contributed by atoms with Crippen LogP contribution in [0, 0.1) is 0 Å². The van der Waals surface area contributed by atoms with Gasteiger partial charge in [0.15, 0.2) is 8.32 Å². The van der Waals surface area contributed by atoms with E-state index in [1.54, 1.807) is 0 Å². The lowest BCUT2D eigenvalue weighted by Gasteiger charge is -2.27. The lowest BCUT2D eigenvalue weighted by Crippen LogP contribution is -2.33. The van der Waals surface area contributed by atoms with E-state index in [1.165, 1.54) is 30.4 Å². The van der Waals surface area contributed by atoms with E-state index < -0.39 is 8.32 Å². The van der Waals surface area contributed by atoms with Gasteiger partial charge in [-0.25, -0.2) is 0 Å². The highest BCUT2D eigenvalue weighted by Crippen LogP contribution is 2.28. The second-order valence-corrected chi connectivity index (χ2v) is 11.2. The lowest BCUT2D eigenvalue weighted by molar-refractivity contribution is 0.112. The first-order valence-corrected chi connectivity index (χ1v) is 11.9. The summed E-state index contributed by atoms with van der Waals surface area (Å²) in [6, 6.07) is 8.95. The van der Waals surface area contributed by atoms with Crippen LogP contribution in [0.25, 0.3) is 5.57 Å². The fourth-order valence-electron chi connectivity index (χ4n) is 2.88. The van der Waals surface area contributed by atoms with Gasteiger partial charge < -0.3 is 4.43 Å². The van der Waals surface area contributed by atoms with E-state index in [-0.39, 0.29) is 6.10 Å². The van der Waals surface area contributed by atoms with Crippen molar-refractivity contribution in [3.05, 3.63) is 41.5 Å². The molecule has 1 aromatic rings. The number of hydrogen-bond acceptors (Lipinski definition) is 2. The second kappa shape index (κ2) is 9.84. The van der Waals surface area contributed by atoms with Gasteiger partial charge in [0.2, 0.25) is 0 Å². The van der Waals surface area contributed by atoms with Crippen molar-refractivity contribution in [1.82, 2.24) is 0 Å². The van der Waals surface area contributed by atoms with Gasteiger partial charge in [0.1, 0.15) is 6.29 Å². The molecule has 0 amide bonds. The van der Waals surface area contributed by atoms with Gasteiger partial charge in [-0.2, -0.15) is 0 Å². The predicted molar refractivity (Wildman–Crippen MR) is 102 cm³/mol. The lowest BCUT2D eigenvalue weighted by atomic mass is 10.0. The molecule has 0 N–H and O–H groups in total. The average molecular weight is 333 g/mol. The van der Waals surface area contributed by atoms with Crippen LogP contribution >= 0.6 is 0 Å². The van der Waals surface area contributed by atoms with Gasteiger partial charge >= 0.3 is 0 Å². The number of allylic oxidation sites excluding steroid dienone is 2. The standard InChI is InChI=1S/C20H32O2Si/c1-6-7-8-9-10-20(16-23(4,5)22-17(2)3)19-13-11-18(15-21)12-14-19/h10-15,17H,6-9,16H2,1-5H3/b20-10+. The molecule has 0 fully saturated rings. The first-order valence-electron chi connectivity index (χ1n) is 8.80. The highest BCUT2D eigenvalue weighted by molar-refractivity contribution is 6.72. The molecule has 1 aromatic carbocycles. The Morgan fingerprint density at radius 1 is 1.17 bits per heavy atom. The van der Waals surface area contributed by atoms with Gasteiger partial charge in [-0.05, 0) is 57.0 Å². The van der Waals surface area contributed by atoms with Crippen LogP contribution < -0.4 is 0 Å². The number of carbonyl (C=O) groups is 1. The topological polar surface area (TPSA) is 26.3 Å². The smallest absolute Gasteiger partial charge is 0.191 e. The maximum absolute atomic E-state index is 10.9. The Balaban J connectivity index is 2.93. The molecule has 0 radical (unpaired) electrons. The van der Waals surface area contributed by atoms with Gasteiger partial charge in [-0.3, -0.25) is 4.79 Å². The molecule has 0 atom stereocenters. The summed E-state index contributed by atoms with van der Waals surface area (Å²) in [7, 11) is -1.74. The first kappa shape index (κ1) is 19.9. The Bertz CT molecular complexity index is 501. The highest BCUT2D eigenvalue weighted by atomic mass is 28.4. The summed E-state index contributed by atoms with van der Waals surface area (Å²) < 4.78 is 6.20. The normalized spacial score (nSPS) is 12.7. The van der Waals surface area contributed by atoms with Crippen LogP contribution in [-0.4, -0.2) is 20.7 Å². The Hall–Kier alpha value is -1.19. The molecular weight excluding hydrogens is 300 g/mol. The third-order valence-electron chi connectivity index (χ3n) is 3.79. The van der Waals surface area contributed by atoms with Gasteiger partial charge in [-0.15, -0.1) is 0 Å². The summed E-state index contributed by atoms with van der Waals surface area (Å²) in [6.45, 7) is 11.0. The number of unbranched alkanes of at least 4 members (excludes halogenated alkanes) is 3. The number of benzene rings is 1. The molecule has 0 unspecified atom stereocenters. The maximum atomic E-state index is 10.9. The zero-order valence-electron chi connectivity index (χ0n) is 15.4. The van der Waals surface area contributed by atoms with E-state index in [0.717, 1.165) is 24.3 Å².